The first-order valence-corrected chi connectivity index (χ1v) is 7.57. The van der Waals surface area contributed by atoms with Crippen LogP contribution in [0.4, 0.5) is 9.59 Å². The number of oxime groups is 1. The summed E-state index contributed by atoms with van der Waals surface area (Å²) >= 11 is 0. The van der Waals surface area contributed by atoms with Crippen LogP contribution in [-0.2, 0) is 9.47 Å². The summed E-state index contributed by atoms with van der Waals surface area (Å²) in [5, 5.41) is 14.9. The lowest BCUT2D eigenvalue weighted by molar-refractivity contribution is 0.0292. The van der Waals surface area contributed by atoms with Gasteiger partial charge in [0, 0.05) is 19.0 Å². The number of carbonyl (C=O) groups is 2. The molecule has 132 valence electrons. The van der Waals surface area contributed by atoms with Gasteiger partial charge in [-0.3, -0.25) is 0 Å². The molecule has 0 aromatic heterocycles. The zero-order chi connectivity index (χ0) is 17.8. The van der Waals surface area contributed by atoms with Gasteiger partial charge in [0.25, 0.3) is 0 Å². The molecule has 0 aromatic rings. The Balaban J connectivity index is 2.57. The highest BCUT2D eigenvalue weighted by atomic mass is 16.6. The normalized spacial score (nSPS) is 20.5. The van der Waals surface area contributed by atoms with Crippen LogP contribution in [0.25, 0.3) is 0 Å². The molecular formula is C15H27N3O5. The maximum absolute atomic E-state index is 12.0. The minimum atomic E-state index is -0.597. The van der Waals surface area contributed by atoms with Crippen molar-refractivity contribution in [3.05, 3.63) is 0 Å². The van der Waals surface area contributed by atoms with Crippen molar-refractivity contribution in [3.63, 3.8) is 0 Å². The molecule has 1 rings (SSSR count). The second-order valence-electron chi connectivity index (χ2n) is 7.53. The highest BCUT2D eigenvalue weighted by molar-refractivity contribution is 5.94. The van der Waals surface area contributed by atoms with Gasteiger partial charge in [-0.25, -0.2) is 9.59 Å². The number of rotatable bonds is 2. The van der Waals surface area contributed by atoms with E-state index in [0.29, 0.717) is 12.3 Å². The second kappa shape index (κ2) is 7.06. The molecule has 1 heterocycles. The molecule has 2 N–H and O–H groups in total. The van der Waals surface area contributed by atoms with Crippen LogP contribution >= 0.6 is 0 Å². The molecule has 0 saturated carbocycles. The Labute approximate surface area is 136 Å². The number of hydrogen-bond donors (Lipinski definition) is 2. The molecule has 23 heavy (non-hydrogen) atoms. The Hall–Kier alpha value is -1.99. The fourth-order valence-electron chi connectivity index (χ4n) is 2.04. The van der Waals surface area contributed by atoms with Crippen molar-refractivity contribution >= 4 is 17.9 Å². The van der Waals surface area contributed by atoms with Crippen LogP contribution in [0.5, 0.6) is 0 Å². The van der Waals surface area contributed by atoms with E-state index in [1.165, 1.54) is 4.90 Å². The first-order valence-electron chi connectivity index (χ1n) is 7.57. The van der Waals surface area contributed by atoms with Crippen molar-refractivity contribution in [2.45, 2.75) is 52.7 Å². The van der Waals surface area contributed by atoms with Gasteiger partial charge in [-0.05, 0) is 41.5 Å². The van der Waals surface area contributed by atoms with Crippen LogP contribution in [-0.4, -0.2) is 58.8 Å². The molecular weight excluding hydrogens is 302 g/mol. The van der Waals surface area contributed by atoms with Crippen molar-refractivity contribution in [2.24, 2.45) is 11.1 Å². The maximum Gasteiger partial charge on any atom is 0.410 e. The molecule has 0 bridgehead atoms. The van der Waals surface area contributed by atoms with Gasteiger partial charge in [-0.1, -0.05) is 5.16 Å². The van der Waals surface area contributed by atoms with Crippen molar-refractivity contribution in [1.82, 2.24) is 10.2 Å². The Morgan fingerprint density at radius 2 is 1.78 bits per heavy atom. The first kappa shape index (κ1) is 19.1. The maximum atomic E-state index is 12.0. The number of hydrogen-bond acceptors (Lipinski definition) is 6. The van der Waals surface area contributed by atoms with E-state index >= 15 is 0 Å². The molecule has 0 aliphatic carbocycles. The standard InChI is InChI=1S/C15H27N3O5/c1-14(2,3)22-12(19)16-7-10-8-18(9-11(10)17-21)13(20)23-15(4,5)6/h10,21H,7-9H2,1-6H3,(H,16,19)/b17-11-/t10-/m1/s1. The Morgan fingerprint density at radius 1 is 1.22 bits per heavy atom. The van der Waals surface area contributed by atoms with Gasteiger partial charge < -0.3 is 24.9 Å². The van der Waals surface area contributed by atoms with E-state index in [0.717, 1.165) is 0 Å². The number of alkyl carbamates (subject to hydrolysis) is 1. The lowest BCUT2D eigenvalue weighted by atomic mass is 10.1. The number of carbonyl (C=O) groups excluding carboxylic acids is 2. The Bertz CT molecular complexity index is 476. The third-order valence-corrected chi connectivity index (χ3v) is 2.94. The van der Waals surface area contributed by atoms with E-state index in [1.807, 2.05) is 0 Å². The van der Waals surface area contributed by atoms with Gasteiger partial charge in [0.15, 0.2) is 0 Å². The molecule has 0 radical (unpaired) electrons. The fraction of sp³-hybridized carbons (Fsp3) is 0.800. The minimum absolute atomic E-state index is 0.173. The van der Waals surface area contributed by atoms with Gasteiger partial charge in [-0.15, -0.1) is 0 Å². The second-order valence-corrected chi connectivity index (χ2v) is 7.53. The summed E-state index contributed by atoms with van der Waals surface area (Å²) in [6, 6.07) is 0. The minimum Gasteiger partial charge on any atom is -0.444 e. The summed E-state index contributed by atoms with van der Waals surface area (Å²) < 4.78 is 10.4. The summed E-state index contributed by atoms with van der Waals surface area (Å²) in [6.07, 6.45) is -1.02. The van der Waals surface area contributed by atoms with Gasteiger partial charge in [0.05, 0.1) is 12.3 Å². The van der Waals surface area contributed by atoms with E-state index in [-0.39, 0.29) is 19.0 Å². The molecule has 1 fully saturated rings. The average Bonchev–Trinajstić information content (AvgIpc) is 2.75. The predicted octanol–water partition coefficient (Wildman–Crippen LogP) is 2.21. The zero-order valence-corrected chi connectivity index (χ0v) is 14.7. The van der Waals surface area contributed by atoms with Crippen LogP contribution in [0.2, 0.25) is 0 Å². The Morgan fingerprint density at radius 3 is 2.26 bits per heavy atom. The number of likely N-dealkylation sites (tertiary alicyclic amines) is 1. The molecule has 0 aromatic carbocycles. The van der Waals surface area contributed by atoms with Crippen LogP contribution in [0.1, 0.15) is 41.5 Å². The zero-order valence-electron chi connectivity index (χ0n) is 14.7. The van der Waals surface area contributed by atoms with E-state index in [1.54, 1.807) is 41.5 Å². The molecule has 0 unspecified atom stereocenters. The van der Waals surface area contributed by atoms with Crippen molar-refractivity contribution in [1.29, 1.82) is 0 Å². The van der Waals surface area contributed by atoms with Crippen molar-refractivity contribution in [2.75, 3.05) is 19.6 Å². The Kier molecular flexibility index (Phi) is 5.85. The van der Waals surface area contributed by atoms with Crippen molar-refractivity contribution in [3.8, 4) is 0 Å². The smallest absolute Gasteiger partial charge is 0.410 e. The summed E-state index contributed by atoms with van der Waals surface area (Å²) in [6.45, 7) is 11.4. The van der Waals surface area contributed by atoms with Crippen molar-refractivity contribution < 1.29 is 24.3 Å². The molecule has 8 nitrogen and oxygen atoms in total. The summed E-state index contributed by atoms with van der Waals surface area (Å²) in [7, 11) is 0. The number of nitrogens with zero attached hydrogens (tertiary/aromatic N) is 2. The van der Waals surface area contributed by atoms with Gasteiger partial charge in [-0.2, -0.15) is 0 Å². The van der Waals surface area contributed by atoms with Gasteiger partial charge in [0.1, 0.15) is 11.2 Å². The fourth-order valence-corrected chi connectivity index (χ4v) is 2.04. The van der Waals surface area contributed by atoms with Crippen LogP contribution in [0.15, 0.2) is 5.16 Å². The van der Waals surface area contributed by atoms with Crippen LogP contribution in [0, 0.1) is 5.92 Å². The molecule has 0 spiro atoms. The SMILES string of the molecule is CC(C)(C)OC(=O)NC[C@@H]1CN(C(=O)OC(C)(C)C)C/C1=N/O. The van der Waals surface area contributed by atoms with Crippen LogP contribution in [0.3, 0.4) is 0 Å². The lowest BCUT2D eigenvalue weighted by Crippen LogP contribution is -2.38. The number of ether oxygens (including phenoxy) is 2. The van der Waals surface area contributed by atoms with Gasteiger partial charge in [0.2, 0.25) is 0 Å². The highest BCUT2D eigenvalue weighted by Crippen LogP contribution is 2.18. The molecule has 1 aliphatic rings. The molecule has 2 amide bonds. The third-order valence-electron chi connectivity index (χ3n) is 2.94. The average molecular weight is 329 g/mol. The molecule has 1 saturated heterocycles. The molecule has 1 atom stereocenters. The first-order chi connectivity index (χ1) is 10.4. The monoisotopic (exact) mass is 329 g/mol. The van der Waals surface area contributed by atoms with E-state index in [2.05, 4.69) is 10.5 Å². The topological polar surface area (TPSA) is 100 Å². The largest absolute Gasteiger partial charge is 0.444 e. The molecule has 8 heteroatoms. The third kappa shape index (κ3) is 6.75. The lowest BCUT2D eigenvalue weighted by Gasteiger charge is -2.24. The summed E-state index contributed by atoms with van der Waals surface area (Å²) in [5.41, 5.74) is -0.761. The van der Waals surface area contributed by atoms with E-state index in [4.69, 9.17) is 14.7 Å². The number of nitrogens with one attached hydrogen (secondary N) is 1. The summed E-state index contributed by atoms with van der Waals surface area (Å²) in [4.78, 5) is 25.2. The molecule has 1 aliphatic heterocycles. The summed E-state index contributed by atoms with van der Waals surface area (Å²) in [5.74, 6) is -0.278. The number of amides is 2. The van der Waals surface area contributed by atoms with Gasteiger partial charge >= 0.3 is 12.2 Å². The quantitative estimate of drug-likeness (QED) is 0.597. The van der Waals surface area contributed by atoms with E-state index < -0.39 is 23.4 Å². The van der Waals surface area contributed by atoms with E-state index in [9.17, 15) is 9.59 Å². The van der Waals surface area contributed by atoms with Crippen LogP contribution < -0.4 is 5.32 Å². The highest BCUT2D eigenvalue weighted by Gasteiger charge is 2.35. The predicted molar refractivity (Wildman–Crippen MR) is 84.8 cm³/mol.